The third-order valence-electron chi connectivity index (χ3n) is 5.41. The first-order valence-electron chi connectivity index (χ1n) is 10.0. The quantitative estimate of drug-likeness (QED) is 0.420. The molecule has 6 nitrogen and oxygen atoms in total. The third-order valence-corrected chi connectivity index (χ3v) is 5.41. The lowest BCUT2D eigenvalue weighted by Crippen LogP contribution is -3.00. The highest BCUT2D eigenvalue weighted by atomic mass is 79.9. The number of halogens is 1. The van der Waals surface area contributed by atoms with E-state index in [1.807, 2.05) is 54.9 Å². The van der Waals surface area contributed by atoms with Crippen LogP contribution in [0.5, 0.6) is 0 Å². The second kappa shape index (κ2) is 9.06. The zero-order chi connectivity index (χ0) is 21.3. The zero-order valence-corrected chi connectivity index (χ0v) is 19.5. The van der Waals surface area contributed by atoms with Gasteiger partial charge in [-0.2, -0.15) is 4.57 Å². The van der Waals surface area contributed by atoms with E-state index in [0.29, 0.717) is 6.42 Å². The van der Waals surface area contributed by atoms with Crippen molar-refractivity contribution in [3.8, 4) is 11.3 Å². The fourth-order valence-corrected chi connectivity index (χ4v) is 4.01. The third kappa shape index (κ3) is 4.88. The van der Waals surface area contributed by atoms with Gasteiger partial charge in [0, 0.05) is 35.5 Å². The average Bonchev–Trinajstić information content (AvgIpc) is 3.06. The van der Waals surface area contributed by atoms with Gasteiger partial charge in [-0.05, 0) is 24.0 Å². The van der Waals surface area contributed by atoms with Crippen LogP contribution < -0.4 is 26.9 Å². The van der Waals surface area contributed by atoms with Gasteiger partial charge in [-0.25, -0.2) is 4.79 Å². The van der Waals surface area contributed by atoms with Crippen molar-refractivity contribution in [2.24, 2.45) is 5.41 Å². The number of para-hydroxylation sites is 1. The van der Waals surface area contributed by atoms with Gasteiger partial charge in [-0.15, -0.1) is 0 Å². The number of ether oxygens (including phenoxy) is 1. The summed E-state index contributed by atoms with van der Waals surface area (Å²) < 4.78 is 6.49. The summed E-state index contributed by atoms with van der Waals surface area (Å²) >= 11 is 0. The maximum Gasteiger partial charge on any atom is 0.372 e. The van der Waals surface area contributed by atoms with Crippen molar-refractivity contribution in [2.75, 3.05) is 12.4 Å². The van der Waals surface area contributed by atoms with Gasteiger partial charge >= 0.3 is 5.97 Å². The molecule has 2 heterocycles. The Hall–Kier alpha value is -2.93. The Morgan fingerprint density at radius 1 is 1.13 bits per heavy atom. The molecule has 2 N–H and O–H groups in total. The molecule has 0 saturated heterocycles. The van der Waals surface area contributed by atoms with Crippen molar-refractivity contribution in [2.45, 2.75) is 33.2 Å². The highest BCUT2D eigenvalue weighted by molar-refractivity contribution is 6.07. The molecule has 0 saturated carbocycles. The summed E-state index contributed by atoms with van der Waals surface area (Å²) in [4.78, 5) is 28.1. The van der Waals surface area contributed by atoms with E-state index in [1.54, 1.807) is 4.57 Å². The summed E-state index contributed by atoms with van der Waals surface area (Å²) in [6, 6.07) is 13.7. The molecular formula is C24H26BrN3O3. The Morgan fingerprint density at radius 3 is 2.45 bits per heavy atom. The van der Waals surface area contributed by atoms with Crippen LogP contribution in [0.2, 0.25) is 0 Å². The highest BCUT2D eigenvalue weighted by Crippen LogP contribution is 2.43. The van der Waals surface area contributed by atoms with Crippen LogP contribution in [-0.2, 0) is 22.5 Å². The predicted molar refractivity (Wildman–Crippen MR) is 115 cm³/mol. The molecular weight excluding hydrogens is 458 g/mol. The average molecular weight is 484 g/mol. The molecule has 2 aromatic heterocycles. The lowest BCUT2D eigenvalue weighted by atomic mass is 9.76. The summed E-state index contributed by atoms with van der Waals surface area (Å²) in [5, 5.41) is 3.46. The van der Waals surface area contributed by atoms with Crippen molar-refractivity contribution < 1.29 is 35.9 Å². The fourth-order valence-electron chi connectivity index (χ4n) is 4.01. The number of hydrogen-bond donors (Lipinski definition) is 2. The number of carbonyl (C=O) groups is 2. The number of Topliss-reactive ketones (excluding diaryl/α,β-unsaturated/α-hetero) is 1. The Kier molecular flexibility index (Phi) is 6.65. The van der Waals surface area contributed by atoms with E-state index in [4.69, 9.17) is 4.74 Å². The highest BCUT2D eigenvalue weighted by Gasteiger charge is 2.35. The van der Waals surface area contributed by atoms with Gasteiger partial charge in [0.15, 0.2) is 18.2 Å². The largest absolute Gasteiger partial charge is 1.00 e. The summed E-state index contributed by atoms with van der Waals surface area (Å²) in [5.41, 5.74) is 5.19. The van der Waals surface area contributed by atoms with Crippen LogP contribution in [0.1, 0.15) is 36.3 Å². The van der Waals surface area contributed by atoms with Crippen molar-refractivity contribution in [1.82, 2.24) is 4.98 Å². The maximum atomic E-state index is 13.0. The van der Waals surface area contributed by atoms with Gasteiger partial charge in [0.1, 0.15) is 0 Å². The summed E-state index contributed by atoms with van der Waals surface area (Å²) in [6.07, 6.45) is 5.01. The lowest BCUT2D eigenvalue weighted by molar-refractivity contribution is -0.685. The Balaban J connectivity index is 0.00000272. The minimum atomic E-state index is -0.303. The number of anilines is 2. The monoisotopic (exact) mass is 483 g/mol. The van der Waals surface area contributed by atoms with Gasteiger partial charge in [0.05, 0.1) is 24.1 Å². The molecule has 0 radical (unpaired) electrons. The number of fused-ring (bicyclic) bond motifs is 1. The molecule has 162 valence electrons. The lowest BCUT2D eigenvalue weighted by Gasteiger charge is -2.28. The minimum absolute atomic E-state index is 0. The second-order valence-corrected chi connectivity index (χ2v) is 8.50. The van der Waals surface area contributed by atoms with Gasteiger partial charge < -0.3 is 32.0 Å². The van der Waals surface area contributed by atoms with Crippen molar-refractivity contribution in [1.29, 1.82) is 0 Å². The van der Waals surface area contributed by atoms with Crippen LogP contribution in [0.15, 0.2) is 54.9 Å². The first-order chi connectivity index (χ1) is 14.4. The number of pyridine rings is 1. The standard InChI is InChI=1S/C24H25N3O3.BrH/c1-24(2)13-18-21(19(28)14-24)23(25-17-7-5-4-6-8-17)22(26-18)16-9-11-27(12-10-16)15-20(29)30-3;/h4-12H,13-15H2,1-3H3,(H,25,26,28);1H. The van der Waals surface area contributed by atoms with Crippen LogP contribution in [-0.4, -0.2) is 23.8 Å². The van der Waals surface area contributed by atoms with E-state index in [-0.39, 0.29) is 40.7 Å². The number of carbonyl (C=O) groups excluding carboxylic acids is 2. The van der Waals surface area contributed by atoms with Crippen molar-refractivity contribution >= 4 is 23.1 Å². The number of nitrogens with zero attached hydrogens (tertiary/aromatic N) is 1. The summed E-state index contributed by atoms with van der Waals surface area (Å²) in [5.74, 6) is -0.152. The maximum absolute atomic E-state index is 13.0. The predicted octanol–water partition coefficient (Wildman–Crippen LogP) is 1.04. The molecule has 4 rings (SSSR count). The molecule has 1 aliphatic rings. The minimum Gasteiger partial charge on any atom is -1.00 e. The number of esters is 1. The fraction of sp³-hybridized carbons (Fsp3) is 0.292. The molecule has 0 unspecified atom stereocenters. The van der Waals surface area contributed by atoms with Gasteiger partial charge in [-0.3, -0.25) is 4.79 Å². The number of nitrogens with one attached hydrogen (secondary N) is 2. The number of benzene rings is 1. The van der Waals surface area contributed by atoms with Crippen LogP contribution in [0, 0.1) is 5.41 Å². The Labute approximate surface area is 192 Å². The topological polar surface area (TPSA) is 75.1 Å². The van der Waals surface area contributed by atoms with Crippen LogP contribution in [0.25, 0.3) is 11.3 Å². The number of rotatable bonds is 5. The molecule has 0 aliphatic heterocycles. The molecule has 7 heteroatoms. The van der Waals surface area contributed by atoms with E-state index in [1.165, 1.54) is 7.11 Å². The molecule has 1 aromatic carbocycles. The van der Waals surface area contributed by atoms with Crippen molar-refractivity contribution in [3.05, 3.63) is 66.1 Å². The van der Waals surface area contributed by atoms with Gasteiger partial charge in [0.2, 0.25) is 6.54 Å². The number of ketones is 1. The number of methoxy groups -OCH3 is 1. The second-order valence-electron chi connectivity index (χ2n) is 8.50. The van der Waals surface area contributed by atoms with Gasteiger partial charge in [-0.1, -0.05) is 32.0 Å². The van der Waals surface area contributed by atoms with Crippen molar-refractivity contribution in [3.63, 3.8) is 0 Å². The zero-order valence-electron chi connectivity index (χ0n) is 17.9. The normalized spacial score (nSPS) is 14.4. The summed E-state index contributed by atoms with van der Waals surface area (Å²) in [6.45, 7) is 4.40. The molecule has 1 aliphatic carbocycles. The SMILES string of the molecule is COC(=O)C[n+]1ccc(-c2[nH]c3c(c2Nc2ccccc2)C(=O)CC(C)(C)C3)cc1.[Br-]. The number of hydrogen-bond acceptors (Lipinski definition) is 4. The van der Waals surface area contributed by atoms with E-state index >= 15 is 0 Å². The Bertz CT molecular complexity index is 1090. The van der Waals surface area contributed by atoms with Crippen LogP contribution >= 0.6 is 0 Å². The molecule has 0 amide bonds. The molecule has 0 bridgehead atoms. The van der Waals surface area contributed by atoms with Crippen LogP contribution in [0.3, 0.4) is 0 Å². The first-order valence-corrected chi connectivity index (χ1v) is 10.0. The Morgan fingerprint density at radius 2 is 1.81 bits per heavy atom. The summed E-state index contributed by atoms with van der Waals surface area (Å²) in [7, 11) is 1.38. The number of H-pyrrole nitrogens is 1. The molecule has 0 spiro atoms. The molecule has 3 aromatic rings. The molecule has 31 heavy (non-hydrogen) atoms. The number of aromatic amines is 1. The van der Waals surface area contributed by atoms with Gasteiger partial charge in [0.25, 0.3) is 0 Å². The van der Waals surface area contributed by atoms with E-state index in [2.05, 4.69) is 24.1 Å². The van der Waals surface area contributed by atoms with E-state index in [0.717, 1.165) is 40.3 Å². The van der Waals surface area contributed by atoms with Crippen LogP contribution in [0.4, 0.5) is 11.4 Å². The van der Waals surface area contributed by atoms with E-state index in [9.17, 15) is 9.59 Å². The smallest absolute Gasteiger partial charge is 0.372 e. The molecule has 0 atom stereocenters. The first kappa shape index (κ1) is 22.7. The number of aromatic nitrogens is 2. The molecule has 0 fully saturated rings. The van der Waals surface area contributed by atoms with E-state index < -0.39 is 0 Å².